The molecule has 0 saturated carbocycles. The summed E-state index contributed by atoms with van der Waals surface area (Å²) in [5.74, 6) is 0.920. The Labute approximate surface area is 128 Å². The Balaban J connectivity index is 1.77. The van der Waals surface area contributed by atoms with E-state index in [0.29, 0.717) is 13.2 Å². The zero-order valence-electron chi connectivity index (χ0n) is 11.6. The van der Waals surface area contributed by atoms with Crippen LogP contribution >= 0.6 is 15.9 Å². The highest BCUT2D eigenvalue weighted by atomic mass is 79.9. The van der Waals surface area contributed by atoms with Crippen LogP contribution in [0.15, 0.2) is 47.1 Å². The summed E-state index contributed by atoms with van der Waals surface area (Å²) in [5, 5.41) is 3.25. The van der Waals surface area contributed by atoms with Gasteiger partial charge in [-0.3, -0.25) is 0 Å². The predicted octanol–water partition coefficient (Wildman–Crippen LogP) is 4.38. The van der Waals surface area contributed by atoms with Gasteiger partial charge in [-0.15, -0.1) is 0 Å². The maximum absolute atomic E-state index is 5.69. The Morgan fingerprint density at radius 1 is 1.05 bits per heavy atom. The van der Waals surface area contributed by atoms with Crippen LogP contribution in [-0.4, -0.2) is 11.5 Å². The first-order chi connectivity index (χ1) is 9.78. The number of aromatic nitrogens is 1. The van der Waals surface area contributed by atoms with Crippen molar-refractivity contribution in [3.63, 3.8) is 0 Å². The van der Waals surface area contributed by atoms with Crippen molar-refractivity contribution in [3.8, 4) is 0 Å². The molecule has 0 aliphatic carbocycles. The topological polar surface area (TPSA) is 34.1 Å². The number of pyridine rings is 1. The molecule has 0 fully saturated rings. The third-order valence-electron chi connectivity index (χ3n) is 2.83. The van der Waals surface area contributed by atoms with Gasteiger partial charge in [0.1, 0.15) is 5.82 Å². The second-order valence-corrected chi connectivity index (χ2v) is 5.51. The van der Waals surface area contributed by atoms with Crippen LogP contribution < -0.4 is 5.32 Å². The Morgan fingerprint density at radius 2 is 1.75 bits per heavy atom. The van der Waals surface area contributed by atoms with Crippen molar-refractivity contribution in [2.45, 2.75) is 26.6 Å². The van der Waals surface area contributed by atoms with Gasteiger partial charge in [0.2, 0.25) is 0 Å². The summed E-state index contributed by atoms with van der Waals surface area (Å²) in [5.41, 5.74) is 2.26. The molecule has 1 N–H and O–H groups in total. The van der Waals surface area contributed by atoms with Gasteiger partial charge in [-0.2, -0.15) is 0 Å². The van der Waals surface area contributed by atoms with Gasteiger partial charge in [0.25, 0.3) is 0 Å². The molecule has 20 heavy (non-hydrogen) atoms. The van der Waals surface area contributed by atoms with E-state index in [1.165, 1.54) is 5.56 Å². The predicted molar refractivity (Wildman–Crippen MR) is 85.7 cm³/mol. The van der Waals surface area contributed by atoms with Gasteiger partial charge >= 0.3 is 0 Å². The highest BCUT2D eigenvalue weighted by Gasteiger charge is 1.97. The zero-order valence-corrected chi connectivity index (χ0v) is 13.2. The summed E-state index contributed by atoms with van der Waals surface area (Å²) in [6.45, 7) is 4.28. The van der Waals surface area contributed by atoms with Crippen LogP contribution in [0.5, 0.6) is 0 Å². The zero-order chi connectivity index (χ0) is 14.2. The first-order valence-corrected chi connectivity index (χ1v) is 7.58. The van der Waals surface area contributed by atoms with Crippen molar-refractivity contribution < 1.29 is 4.74 Å². The summed E-state index contributed by atoms with van der Waals surface area (Å²) in [6.07, 6.45) is 2.96. The molecule has 1 aromatic carbocycles. The largest absolute Gasteiger partial charge is 0.372 e. The summed E-state index contributed by atoms with van der Waals surface area (Å²) in [7, 11) is 0. The molecule has 0 aliphatic rings. The number of nitrogens with zero attached hydrogens (tertiary/aromatic N) is 1. The quantitative estimate of drug-likeness (QED) is 0.815. The van der Waals surface area contributed by atoms with Crippen LogP contribution in [0.3, 0.4) is 0 Å². The van der Waals surface area contributed by atoms with Gasteiger partial charge in [0.05, 0.1) is 13.2 Å². The molecule has 106 valence electrons. The smallest absolute Gasteiger partial charge is 0.125 e. The van der Waals surface area contributed by atoms with Gasteiger partial charge in [0.15, 0.2) is 0 Å². The van der Waals surface area contributed by atoms with E-state index in [1.807, 2.05) is 30.5 Å². The van der Waals surface area contributed by atoms with E-state index in [0.717, 1.165) is 28.8 Å². The van der Waals surface area contributed by atoms with Crippen LogP contribution in [0.25, 0.3) is 0 Å². The van der Waals surface area contributed by atoms with Crippen molar-refractivity contribution in [3.05, 3.63) is 58.2 Å². The molecule has 0 saturated heterocycles. The lowest BCUT2D eigenvalue weighted by Crippen LogP contribution is -2.02. The fraction of sp³-hybridized carbons (Fsp3) is 0.312. The minimum atomic E-state index is 0.580. The standard InChI is InChI=1S/C16H19BrN2O/c1-2-9-18-16-8-5-14(10-19-16)12-20-11-13-3-6-15(17)7-4-13/h3-8,10H,2,9,11-12H2,1H3,(H,18,19). The second kappa shape index (κ2) is 8.02. The maximum Gasteiger partial charge on any atom is 0.125 e. The second-order valence-electron chi connectivity index (χ2n) is 4.60. The van der Waals surface area contributed by atoms with E-state index >= 15 is 0 Å². The molecule has 0 amide bonds. The summed E-state index contributed by atoms with van der Waals surface area (Å²) < 4.78 is 6.77. The average molecular weight is 335 g/mol. The number of nitrogens with one attached hydrogen (secondary N) is 1. The molecule has 1 aromatic heterocycles. The highest BCUT2D eigenvalue weighted by molar-refractivity contribution is 9.10. The van der Waals surface area contributed by atoms with E-state index in [2.05, 4.69) is 45.3 Å². The molecule has 0 aliphatic heterocycles. The lowest BCUT2D eigenvalue weighted by molar-refractivity contribution is 0.107. The normalized spacial score (nSPS) is 10.5. The lowest BCUT2D eigenvalue weighted by Gasteiger charge is -2.07. The first-order valence-electron chi connectivity index (χ1n) is 6.79. The van der Waals surface area contributed by atoms with Crippen molar-refractivity contribution in [2.75, 3.05) is 11.9 Å². The van der Waals surface area contributed by atoms with Gasteiger partial charge in [-0.25, -0.2) is 4.98 Å². The number of anilines is 1. The Morgan fingerprint density at radius 3 is 2.40 bits per heavy atom. The Hall–Kier alpha value is -1.39. The molecule has 0 spiro atoms. The third-order valence-corrected chi connectivity index (χ3v) is 3.36. The first kappa shape index (κ1) is 15.0. The molecular formula is C16H19BrN2O. The van der Waals surface area contributed by atoms with Gasteiger partial charge in [-0.1, -0.05) is 41.1 Å². The number of hydrogen-bond donors (Lipinski definition) is 1. The molecule has 0 atom stereocenters. The minimum absolute atomic E-state index is 0.580. The van der Waals surface area contributed by atoms with Crippen LogP contribution in [0.2, 0.25) is 0 Å². The van der Waals surface area contributed by atoms with Crippen molar-refractivity contribution in [2.24, 2.45) is 0 Å². The SMILES string of the molecule is CCCNc1ccc(COCc2ccc(Br)cc2)cn1. The molecule has 3 nitrogen and oxygen atoms in total. The molecule has 0 unspecified atom stereocenters. The van der Waals surface area contributed by atoms with Gasteiger partial charge in [-0.05, 0) is 35.7 Å². The lowest BCUT2D eigenvalue weighted by atomic mass is 10.2. The molecule has 0 bridgehead atoms. The summed E-state index contributed by atoms with van der Waals surface area (Å²) in [4.78, 5) is 4.36. The van der Waals surface area contributed by atoms with Gasteiger partial charge in [0, 0.05) is 17.2 Å². The van der Waals surface area contributed by atoms with E-state index in [9.17, 15) is 0 Å². The van der Waals surface area contributed by atoms with Crippen LogP contribution in [0.4, 0.5) is 5.82 Å². The molecule has 2 rings (SSSR count). The summed E-state index contributed by atoms with van der Waals surface area (Å²) >= 11 is 3.42. The monoisotopic (exact) mass is 334 g/mol. The fourth-order valence-electron chi connectivity index (χ4n) is 1.73. The van der Waals surface area contributed by atoms with Crippen molar-refractivity contribution in [1.82, 2.24) is 4.98 Å². The van der Waals surface area contributed by atoms with Crippen LogP contribution in [0, 0.1) is 0 Å². The molecule has 0 radical (unpaired) electrons. The van der Waals surface area contributed by atoms with E-state index in [4.69, 9.17) is 4.74 Å². The number of halogens is 1. The minimum Gasteiger partial charge on any atom is -0.372 e. The average Bonchev–Trinajstić information content (AvgIpc) is 2.48. The maximum atomic E-state index is 5.69. The van der Waals surface area contributed by atoms with Crippen molar-refractivity contribution >= 4 is 21.7 Å². The number of benzene rings is 1. The van der Waals surface area contributed by atoms with Gasteiger partial charge < -0.3 is 10.1 Å². The number of hydrogen-bond acceptors (Lipinski definition) is 3. The number of ether oxygens (including phenoxy) is 1. The van der Waals surface area contributed by atoms with E-state index in [-0.39, 0.29) is 0 Å². The summed E-state index contributed by atoms with van der Waals surface area (Å²) in [6, 6.07) is 12.2. The van der Waals surface area contributed by atoms with Crippen molar-refractivity contribution in [1.29, 1.82) is 0 Å². The molecule has 1 heterocycles. The number of rotatable bonds is 7. The van der Waals surface area contributed by atoms with Crippen LogP contribution in [0.1, 0.15) is 24.5 Å². The van der Waals surface area contributed by atoms with Crippen LogP contribution in [-0.2, 0) is 18.0 Å². The third kappa shape index (κ3) is 4.94. The molecule has 4 heteroatoms. The Bertz CT molecular complexity index is 511. The van der Waals surface area contributed by atoms with E-state index < -0.39 is 0 Å². The fourth-order valence-corrected chi connectivity index (χ4v) is 2.00. The molecular weight excluding hydrogens is 316 g/mol. The van der Waals surface area contributed by atoms with E-state index in [1.54, 1.807) is 0 Å². The Kier molecular flexibility index (Phi) is 6.02. The highest BCUT2D eigenvalue weighted by Crippen LogP contribution is 2.12. The molecule has 2 aromatic rings.